The standard InChI is InChI=1S/C21H19ClN2O4S/c1-15-19(22)8-5-9-20(15)23-21(25)14-28-17-10-12-18(13-11-17)29(26,27)24-16-6-3-2-4-7-16/h2-13,24H,14H2,1H3,(H,23,25). The zero-order chi connectivity index (χ0) is 20.9. The van der Waals surface area contributed by atoms with E-state index in [2.05, 4.69) is 10.0 Å². The quantitative estimate of drug-likeness (QED) is 0.579. The number of amides is 1. The molecule has 150 valence electrons. The predicted octanol–water partition coefficient (Wildman–Crippen LogP) is 4.47. The molecule has 3 aromatic carbocycles. The molecule has 0 atom stereocenters. The predicted molar refractivity (Wildman–Crippen MR) is 114 cm³/mol. The van der Waals surface area contributed by atoms with Crippen LogP contribution in [0.4, 0.5) is 11.4 Å². The average Bonchev–Trinajstić information content (AvgIpc) is 2.71. The molecule has 0 aromatic heterocycles. The van der Waals surface area contributed by atoms with Crippen molar-refractivity contribution in [2.75, 3.05) is 16.6 Å². The monoisotopic (exact) mass is 430 g/mol. The van der Waals surface area contributed by atoms with Crippen LogP contribution in [0.15, 0.2) is 77.7 Å². The summed E-state index contributed by atoms with van der Waals surface area (Å²) in [4.78, 5) is 12.2. The molecule has 0 fully saturated rings. The van der Waals surface area contributed by atoms with Crippen LogP contribution in [-0.2, 0) is 14.8 Å². The van der Waals surface area contributed by atoms with Crippen molar-refractivity contribution in [3.63, 3.8) is 0 Å². The summed E-state index contributed by atoms with van der Waals surface area (Å²) in [5.41, 5.74) is 1.85. The van der Waals surface area contributed by atoms with Gasteiger partial charge in [-0.25, -0.2) is 8.42 Å². The van der Waals surface area contributed by atoms with Gasteiger partial charge in [0.2, 0.25) is 0 Å². The molecule has 0 unspecified atom stereocenters. The van der Waals surface area contributed by atoms with Crippen LogP contribution >= 0.6 is 11.6 Å². The van der Waals surface area contributed by atoms with Gasteiger partial charge in [-0.05, 0) is 61.0 Å². The summed E-state index contributed by atoms with van der Waals surface area (Å²) in [7, 11) is -3.71. The van der Waals surface area contributed by atoms with E-state index >= 15 is 0 Å². The Hall–Kier alpha value is -3.03. The van der Waals surface area contributed by atoms with Gasteiger partial charge in [0.05, 0.1) is 4.90 Å². The third kappa shape index (κ3) is 5.49. The van der Waals surface area contributed by atoms with Crippen LogP contribution in [0.25, 0.3) is 0 Å². The molecule has 3 rings (SSSR count). The first kappa shape index (κ1) is 20.7. The third-order valence-electron chi connectivity index (χ3n) is 4.07. The molecule has 0 aliphatic rings. The summed E-state index contributed by atoms with van der Waals surface area (Å²) >= 11 is 6.04. The van der Waals surface area contributed by atoms with E-state index in [0.717, 1.165) is 5.56 Å². The summed E-state index contributed by atoms with van der Waals surface area (Å²) in [5, 5.41) is 3.29. The van der Waals surface area contributed by atoms with Gasteiger partial charge in [0.15, 0.2) is 6.61 Å². The van der Waals surface area contributed by atoms with Crippen molar-refractivity contribution in [2.24, 2.45) is 0 Å². The summed E-state index contributed by atoms with van der Waals surface area (Å²) in [5.74, 6) is 0.0273. The Morgan fingerprint density at radius 1 is 0.966 bits per heavy atom. The Bertz CT molecular complexity index is 1100. The van der Waals surface area contributed by atoms with Gasteiger partial charge in [-0.2, -0.15) is 0 Å². The van der Waals surface area contributed by atoms with E-state index in [-0.39, 0.29) is 17.4 Å². The molecule has 0 saturated carbocycles. The normalized spacial score (nSPS) is 11.0. The van der Waals surface area contributed by atoms with Crippen molar-refractivity contribution in [3.05, 3.63) is 83.4 Å². The van der Waals surface area contributed by atoms with Gasteiger partial charge in [-0.3, -0.25) is 9.52 Å². The number of carbonyl (C=O) groups is 1. The highest BCUT2D eigenvalue weighted by Crippen LogP contribution is 2.23. The number of anilines is 2. The van der Waals surface area contributed by atoms with Crippen molar-refractivity contribution >= 4 is 38.9 Å². The molecule has 0 aliphatic heterocycles. The minimum absolute atomic E-state index is 0.0905. The number of halogens is 1. The molecule has 6 nitrogen and oxygen atoms in total. The van der Waals surface area contributed by atoms with Crippen molar-refractivity contribution in [2.45, 2.75) is 11.8 Å². The Morgan fingerprint density at radius 2 is 1.66 bits per heavy atom. The van der Waals surface area contributed by atoms with E-state index in [1.54, 1.807) is 55.5 Å². The minimum atomic E-state index is -3.71. The van der Waals surface area contributed by atoms with E-state index in [9.17, 15) is 13.2 Å². The van der Waals surface area contributed by atoms with Crippen LogP contribution in [-0.4, -0.2) is 20.9 Å². The number of rotatable bonds is 7. The largest absolute Gasteiger partial charge is 0.484 e. The second-order valence-corrected chi connectivity index (χ2v) is 8.28. The van der Waals surface area contributed by atoms with Crippen molar-refractivity contribution < 1.29 is 17.9 Å². The van der Waals surface area contributed by atoms with Gasteiger partial charge in [0.1, 0.15) is 5.75 Å². The van der Waals surface area contributed by atoms with Crippen LogP contribution in [0.1, 0.15) is 5.56 Å². The summed E-state index contributed by atoms with van der Waals surface area (Å²) in [6, 6.07) is 19.7. The van der Waals surface area contributed by atoms with Gasteiger partial charge in [-0.15, -0.1) is 0 Å². The maximum atomic E-state index is 12.4. The minimum Gasteiger partial charge on any atom is -0.484 e. The fraction of sp³-hybridized carbons (Fsp3) is 0.0952. The number of para-hydroxylation sites is 1. The lowest BCUT2D eigenvalue weighted by molar-refractivity contribution is -0.118. The molecule has 1 amide bonds. The highest BCUT2D eigenvalue weighted by Gasteiger charge is 2.14. The highest BCUT2D eigenvalue weighted by atomic mass is 35.5. The number of carbonyl (C=O) groups excluding carboxylic acids is 1. The lowest BCUT2D eigenvalue weighted by Crippen LogP contribution is -2.20. The van der Waals surface area contributed by atoms with Gasteiger partial charge in [0, 0.05) is 16.4 Å². The second kappa shape index (κ2) is 8.98. The summed E-state index contributed by atoms with van der Waals surface area (Å²) in [6.45, 7) is 1.59. The van der Waals surface area contributed by atoms with Crippen LogP contribution in [0, 0.1) is 6.92 Å². The molecule has 8 heteroatoms. The van der Waals surface area contributed by atoms with E-state index in [1.165, 1.54) is 24.3 Å². The van der Waals surface area contributed by atoms with Crippen LogP contribution in [0.3, 0.4) is 0 Å². The topological polar surface area (TPSA) is 84.5 Å². The average molecular weight is 431 g/mol. The van der Waals surface area contributed by atoms with Gasteiger partial charge in [-0.1, -0.05) is 35.9 Å². The smallest absolute Gasteiger partial charge is 0.262 e. The SMILES string of the molecule is Cc1c(Cl)cccc1NC(=O)COc1ccc(S(=O)(=O)Nc2ccccc2)cc1. The first-order chi connectivity index (χ1) is 13.8. The molecule has 0 saturated heterocycles. The van der Waals surface area contributed by atoms with E-state index in [4.69, 9.17) is 16.3 Å². The van der Waals surface area contributed by atoms with Gasteiger partial charge >= 0.3 is 0 Å². The van der Waals surface area contributed by atoms with Crippen LogP contribution < -0.4 is 14.8 Å². The first-order valence-electron chi connectivity index (χ1n) is 8.71. The third-order valence-corrected chi connectivity index (χ3v) is 5.88. The van der Waals surface area contributed by atoms with Crippen molar-refractivity contribution in [3.8, 4) is 5.75 Å². The molecule has 0 spiro atoms. The Labute approximate surface area is 174 Å². The second-order valence-electron chi connectivity index (χ2n) is 6.19. The maximum absolute atomic E-state index is 12.4. The fourth-order valence-corrected chi connectivity index (χ4v) is 3.75. The Morgan fingerprint density at radius 3 is 2.34 bits per heavy atom. The highest BCUT2D eigenvalue weighted by molar-refractivity contribution is 7.92. The molecular weight excluding hydrogens is 412 g/mol. The number of hydrogen-bond acceptors (Lipinski definition) is 4. The lowest BCUT2D eigenvalue weighted by atomic mass is 10.2. The zero-order valence-corrected chi connectivity index (χ0v) is 17.1. The number of nitrogens with one attached hydrogen (secondary N) is 2. The molecule has 0 bridgehead atoms. The molecule has 3 aromatic rings. The Balaban J connectivity index is 1.59. The van der Waals surface area contributed by atoms with E-state index in [1.807, 2.05) is 0 Å². The Kier molecular flexibility index (Phi) is 6.41. The number of sulfonamides is 1. The van der Waals surface area contributed by atoms with E-state index < -0.39 is 10.0 Å². The number of ether oxygens (including phenoxy) is 1. The molecule has 0 aliphatic carbocycles. The fourth-order valence-electron chi connectivity index (χ4n) is 2.51. The molecule has 2 N–H and O–H groups in total. The van der Waals surface area contributed by atoms with Gasteiger partial charge in [0.25, 0.3) is 15.9 Å². The van der Waals surface area contributed by atoms with E-state index in [0.29, 0.717) is 22.1 Å². The molecular formula is C21H19ClN2O4S. The number of benzene rings is 3. The summed E-state index contributed by atoms with van der Waals surface area (Å²) < 4.78 is 32.8. The van der Waals surface area contributed by atoms with Crippen LogP contribution in [0.5, 0.6) is 5.75 Å². The molecule has 0 heterocycles. The summed E-state index contributed by atoms with van der Waals surface area (Å²) in [6.07, 6.45) is 0. The molecule has 0 radical (unpaired) electrons. The van der Waals surface area contributed by atoms with Crippen molar-refractivity contribution in [1.82, 2.24) is 0 Å². The van der Waals surface area contributed by atoms with Crippen molar-refractivity contribution in [1.29, 1.82) is 0 Å². The maximum Gasteiger partial charge on any atom is 0.262 e. The first-order valence-corrected chi connectivity index (χ1v) is 10.6. The lowest BCUT2D eigenvalue weighted by Gasteiger charge is -2.11. The van der Waals surface area contributed by atoms with Crippen LogP contribution in [0.2, 0.25) is 5.02 Å². The molecule has 29 heavy (non-hydrogen) atoms. The number of hydrogen-bond donors (Lipinski definition) is 2. The zero-order valence-electron chi connectivity index (χ0n) is 15.6. The van der Waals surface area contributed by atoms with Gasteiger partial charge < -0.3 is 10.1 Å².